The van der Waals surface area contributed by atoms with Gasteiger partial charge in [-0.05, 0) is 11.4 Å². The van der Waals surface area contributed by atoms with Crippen molar-refractivity contribution in [2.75, 3.05) is 18.2 Å². The van der Waals surface area contributed by atoms with Crippen LogP contribution in [0.3, 0.4) is 0 Å². The van der Waals surface area contributed by atoms with Crippen LogP contribution in [-0.4, -0.2) is 7.11 Å². The van der Waals surface area contributed by atoms with E-state index in [0.717, 1.165) is 5.00 Å². The Morgan fingerprint density at radius 3 is 3.00 bits per heavy atom. The van der Waals surface area contributed by atoms with E-state index in [4.69, 9.17) is 15.7 Å². The monoisotopic (exact) mass is 265 g/mol. The highest BCUT2D eigenvalue weighted by atomic mass is 32.1. The SMILES string of the molecule is COc1c(NCc2cccs2)sc(C#N)c1N. The first-order valence-electron chi connectivity index (χ1n) is 4.89. The van der Waals surface area contributed by atoms with Crippen molar-refractivity contribution >= 4 is 33.4 Å². The summed E-state index contributed by atoms with van der Waals surface area (Å²) in [6.07, 6.45) is 0. The van der Waals surface area contributed by atoms with E-state index in [1.54, 1.807) is 18.4 Å². The molecule has 0 fully saturated rings. The van der Waals surface area contributed by atoms with Gasteiger partial charge in [0.15, 0.2) is 5.75 Å². The minimum absolute atomic E-state index is 0.411. The third kappa shape index (κ3) is 2.35. The fourth-order valence-corrected chi connectivity index (χ4v) is 2.94. The van der Waals surface area contributed by atoms with Crippen LogP contribution in [0.25, 0.3) is 0 Å². The molecule has 0 spiro atoms. The first-order valence-corrected chi connectivity index (χ1v) is 6.58. The summed E-state index contributed by atoms with van der Waals surface area (Å²) in [7, 11) is 1.55. The lowest BCUT2D eigenvalue weighted by molar-refractivity contribution is 0.420. The van der Waals surface area contributed by atoms with Gasteiger partial charge in [0.05, 0.1) is 13.7 Å². The quantitative estimate of drug-likeness (QED) is 0.891. The van der Waals surface area contributed by atoms with Crippen molar-refractivity contribution in [3.63, 3.8) is 0 Å². The van der Waals surface area contributed by atoms with E-state index in [-0.39, 0.29) is 0 Å². The molecule has 2 aromatic heterocycles. The molecule has 0 atom stereocenters. The fourth-order valence-electron chi connectivity index (χ4n) is 1.41. The average molecular weight is 265 g/mol. The predicted molar refractivity (Wildman–Crippen MR) is 71.6 cm³/mol. The third-order valence-electron chi connectivity index (χ3n) is 2.21. The maximum atomic E-state index is 8.90. The zero-order valence-corrected chi connectivity index (χ0v) is 10.8. The number of ether oxygens (including phenoxy) is 1. The smallest absolute Gasteiger partial charge is 0.177 e. The second-order valence-corrected chi connectivity index (χ2v) is 5.30. The summed E-state index contributed by atoms with van der Waals surface area (Å²) in [5, 5.41) is 15.0. The molecule has 2 heterocycles. The highest BCUT2D eigenvalue weighted by Crippen LogP contribution is 2.42. The van der Waals surface area contributed by atoms with Crippen molar-refractivity contribution in [1.82, 2.24) is 0 Å². The lowest BCUT2D eigenvalue weighted by atomic mass is 10.4. The van der Waals surface area contributed by atoms with E-state index >= 15 is 0 Å². The van der Waals surface area contributed by atoms with Crippen LogP contribution in [0.4, 0.5) is 10.7 Å². The molecule has 2 aromatic rings. The number of nitrogens with one attached hydrogen (secondary N) is 1. The zero-order chi connectivity index (χ0) is 12.3. The van der Waals surface area contributed by atoms with Crippen molar-refractivity contribution in [3.05, 3.63) is 27.3 Å². The van der Waals surface area contributed by atoms with Gasteiger partial charge in [-0.1, -0.05) is 6.07 Å². The lowest BCUT2D eigenvalue weighted by Gasteiger charge is -2.05. The molecule has 0 aliphatic carbocycles. The summed E-state index contributed by atoms with van der Waals surface area (Å²) in [5.74, 6) is 0.558. The molecule has 0 amide bonds. The van der Waals surface area contributed by atoms with Crippen molar-refractivity contribution in [2.45, 2.75) is 6.54 Å². The van der Waals surface area contributed by atoms with Crippen LogP contribution in [-0.2, 0) is 6.54 Å². The minimum Gasteiger partial charge on any atom is -0.492 e. The Morgan fingerprint density at radius 1 is 1.59 bits per heavy atom. The number of hydrogen-bond donors (Lipinski definition) is 2. The van der Waals surface area contributed by atoms with E-state index in [9.17, 15) is 0 Å². The van der Waals surface area contributed by atoms with Crippen LogP contribution in [0.2, 0.25) is 0 Å². The molecule has 0 unspecified atom stereocenters. The number of nitrogens with zero attached hydrogens (tertiary/aromatic N) is 1. The first kappa shape index (κ1) is 11.8. The number of nitriles is 1. The second-order valence-electron chi connectivity index (χ2n) is 3.25. The van der Waals surface area contributed by atoms with Crippen LogP contribution in [0.1, 0.15) is 9.75 Å². The molecule has 0 saturated carbocycles. The highest BCUT2D eigenvalue weighted by Gasteiger charge is 2.16. The van der Waals surface area contributed by atoms with Crippen molar-refractivity contribution in [2.24, 2.45) is 0 Å². The average Bonchev–Trinajstić information content (AvgIpc) is 2.94. The summed E-state index contributed by atoms with van der Waals surface area (Å²) in [6, 6.07) is 6.11. The number of methoxy groups -OCH3 is 1. The normalized spacial score (nSPS) is 9.88. The molecule has 6 heteroatoms. The van der Waals surface area contributed by atoms with Crippen LogP contribution in [0, 0.1) is 11.3 Å². The Balaban J connectivity index is 2.18. The molecule has 2 rings (SSSR count). The van der Waals surface area contributed by atoms with Gasteiger partial charge in [0.1, 0.15) is 21.6 Å². The van der Waals surface area contributed by atoms with Gasteiger partial charge >= 0.3 is 0 Å². The predicted octanol–water partition coefficient (Wildman–Crippen LogP) is 2.88. The van der Waals surface area contributed by atoms with Crippen molar-refractivity contribution in [3.8, 4) is 11.8 Å². The molecule has 88 valence electrons. The summed E-state index contributed by atoms with van der Waals surface area (Å²) < 4.78 is 5.20. The van der Waals surface area contributed by atoms with Crippen molar-refractivity contribution < 1.29 is 4.74 Å². The first-order chi connectivity index (χ1) is 8.26. The summed E-state index contributed by atoms with van der Waals surface area (Å²) in [4.78, 5) is 1.70. The molecule has 0 aliphatic rings. The number of thiophene rings is 2. The number of hydrogen-bond acceptors (Lipinski definition) is 6. The fraction of sp³-hybridized carbons (Fsp3) is 0.182. The van der Waals surface area contributed by atoms with Crippen molar-refractivity contribution in [1.29, 1.82) is 5.26 Å². The second kappa shape index (κ2) is 5.08. The third-order valence-corrected chi connectivity index (χ3v) is 4.13. The van der Waals surface area contributed by atoms with Gasteiger partial charge in [0.25, 0.3) is 0 Å². The van der Waals surface area contributed by atoms with Gasteiger partial charge in [0.2, 0.25) is 0 Å². The van der Waals surface area contributed by atoms with Gasteiger partial charge < -0.3 is 15.8 Å². The zero-order valence-electron chi connectivity index (χ0n) is 9.19. The van der Waals surface area contributed by atoms with Crippen LogP contribution in [0.15, 0.2) is 17.5 Å². The maximum Gasteiger partial charge on any atom is 0.177 e. The van der Waals surface area contributed by atoms with E-state index < -0.39 is 0 Å². The minimum atomic E-state index is 0.411. The van der Waals surface area contributed by atoms with Gasteiger partial charge in [-0.3, -0.25) is 0 Å². The lowest BCUT2D eigenvalue weighted by Crippen LogP contribution is -1.98. The summed E-state index contributed by atoms with van der Waals surface area (Å²) in [6.45, 7) is 0.707. The standard InChI is InChI=1S/C11H11N3OS2/c1-15-10-9(13)8(5-12)17-11(10)14-6-7-3-2-4-16-7/h2-4,14H,6,13H2,1H3. The van der Waals surface area contributed by atoms with Gasteiger partial charge in [-0.25, -0.2) is 0 Å². The van der Waals surface area contributed by atoms with Crippen LogP contribution >= 0.6 is 22.7 Å². The Morgan fingerprint density at radius 2 is 2.41 bits per heavy atom. The number of anilines is 2. The number of rotatable bonds is 4. The molecule has 0 aliphatic heterocycles. The molecule has 0 bridgehead atoms. The largest absolute Gasteiger partial charge is 0.492 e. The Kier molecular flexibility index (Phi) is 3.52. The molecule has 0 radical (unpaired) electrons. The Labute approximate surface area is 107 Å². The summed E-state index contributed by atoms with van der Waals surface area (Å²) in [5.41, 5.74) is 6.21. The number of nitrogens with two attached hydrogens (primary N) is 1. The molecule has 0 saturated heterocycles. The molecule has 0 aromatic carbocycles. The van der Waals surface area contributed by atoms with Crippen LogP contribution in [0.5, 0.6) is 5.75 Å². The van der Waals surface area contributed by atoms with E-state index in [1.807, 2.05) is 17.5 Å². The topological polar surface area (TPSA) is 71.1 Å². The van der Waals surface area contributed by atoms with E-state index in [2.05, 4.69) is 11.4 Å². The molecule has 3 N–H and O–H groups in total. The molecule has 4 nitrogen and oxygen atoms in total. The van der Waals surface area contributed by atoms with Gasteiger partial charge in [-0.15, -0.1) is 22.7 Å². The Hall–Kier alpha value is -1.71. The highest BCUT2D eigenvalue weighted by molar-refractivity contribution is 7.17. The van der Waals surface area contributed by atoms with E-state index in [0.29, 0.717) is 22.9 Å². The van der Waals surface area contributed by atoms with Crippen LogP contribution < -0.4 is 15.8 Å². The van der Waals surface area contributed by atoms with E-state index in [1.165, 1.54) is 16.2 Å². The Bertz CT molecular complexity index is 540. The molecule has 17 heavy (non-hydrogen) atoms. The summed E-state index contributed by atoms with van der Waals surface area (Å²) >= 11 is 2.99. The maximum absolute atomic E-state index is 8.90. The molecular formula is C11H11N3OS2. The molecular weight excluding hydrogens is 254 g/mol. The number of nitrogen functional groups attached to an aromatic ring is 1. The van der Waals surface area contributed by atoms with Gasteiger partial charge in [0, 0.05) is 4.88 Å². The van der Waals surface area contributed by atoms with Gasteiger partial charge in [-0.2, -0.15) is 5.26 Å².